The second-order valence-electron chi connectivity index (χ2n) is 7.18. The number of aromatic nitrogens is 4. The lowest BCUT2D eigenvalue weighted by atomic mass is 10.1. The van der Waals surface area contributed by atoms with Crippen molar-refractivity contribution in [1.29, 1.82) is 0 Å². The van der Waals surface area contributed by atoms with Crippen LogP contribution in [0.2, 0.25) is 0 Å². The SMILES string of the molecule is CC(C)N(Cc1nncn1-c1ccc(Br)cc1C(=O)c1ccccn1)C(C)C. The molecule has 146 valence electrons. The van der Waals surface area contributed by atoms with Crippen LogP contribution in [0.25, 0.3) is 5.69 Å². The van der Waals surface area contributed by atoms with Crippen LogP contribution in [0.1, 0.15) is 49.6 Å². The van der Waals surface area contributed by atoms with E-state index in [1.54, 1.807) is 24.7 Å². The van der Waals surface area contributed by atoms with Gasteiger partial charge in [0.15, 0.2) is 5.82 Å². The number of nitrogens with zero attached hydrogens (tertiary/aromatic N) is 5. The molecule has 0 bridgehead atoms. The van der Waals surface area contributed by atoms with Gasteiger partial charge in [0, 0.05) is 28.3 Å². The van der Waals surface area contributed by atoms with Gasteiger partial charge in [0.05, 0.1) is 12.2 Å². The zero-order valence-electron chi connectivity index (χ0n) is 16.5. The molecule has 0 saturated carbocycles. The molecule has 2 aromatic heterocycles. The topological polar surface area (TPSA) is 63.9 Å². The van der Waals surface area contributed by atoms with Gasteiger partial charge in [-0.2, -0.15) is 0 Å². The van der Waals surface area contributed by atoms with Gasteiger partial charge in [-0.1, -0.05) is 22.0 Å². The number of pyridine rings is 1. The van der Waals surface area contributed by atoms with Gasteiger partial charge in [0.1, 0.15) is 12.0 Å². The fraction of sp³-hybridized carbons (Fsp3) is 0.333. The summed E-state index contributed by atoms with van der Waals surface area (Å²) in [5.41, 5.74) is 1.70. The molecule has 28 heavy (non-hydrogen) atoms. The summed E-state index contributed by atoms with van der Waals surface area (Å²) in [6.45, 7) is 9.29. The smallest absolute Gasteiger partial charge is 0.213 e. The Balaban J connectivity index is 2.04. The number of rotatable bonds is 7. The third-order valence-corrected chi connectivity index (χ3v) is 5.12. The number of halogens is 1. The predicted octanol–water partition coefficient (Wildman–Crippen LogP) is 4.27. The number of ketones is 1. The molecular weight excluding hydrogens is 418 g/mol. The highest BCUT2D eigenvalue weighted by atomic mass is 79.9. The van der Waals surface area contributed by atoms with E-state index in [0.717, 1.165) is 16.0 Å². The van der Waals surface area contributed by atoms with E-state index in [-0.39, 0.29) is 5.78 Å². The second kappa shape index (κ2) is 8.75. The van der Waals surface area contributed by atoms with Crippen LogP contribution in [0.5, 0.6) is 0 Å². The Morgan fingerprint density at radius 2 is 1.89 bits per heavy atom. The molecule has 0 fully saturated rings. The highest BCUT2D eigenvalue weighted by Crippen LogP contribution is 2.24. The first-order valence-electron chi connectivity index (χ1n) is 9.28. The van der Waals surface area contributed by atoms with Crippen LogP contribution in [-0.2, 0) is 6.54 Å². The van der Waals surface area contributed by atoms with Gasteiger partial charge in [0.25, 0.3) is 0 Å². The summed E-state index contributed by atoms with van der Waals surface area (Å²) in [7, 11) is 0. The van der Waals surface area contributed by atoms with E-state index in [1.165, 1.54) is 0 Å². The van der Waals surface area contributed by atoms with Crippen molar-refractivity contribution in [2.45, 2.75) is 46.3 Å². The summed E-state index contributed by atoms with van der Waals surface area (Å²) in [6.07, 6.45) is 3.28. The first-order valence-corrected chi connectivity index (χ1v) is 10.1. The molecule has 3 rings (SSSR count). The van der Waals surface area contributed by atoms with Gasteiger partial charge < -0.3 is 0 Å². The molecule has 0 spiro atoms. The summed E-state index contributed by atoms with van der Waals surface area (Å²) in [5, 5.41) is 8.44. The van der Waals surface area contributed by atoms with Crippen LogP contribution in [0.3, 0.4) is 0 Å². The Bertz CT molecular complexity index is 944. The first-order chi connectivity index (χ1) is 13.4. The standard InChI is InChI=1S/C21H24BrN5O/c1-14(2)26(15(3)4)12-20-25-24-13-27(20)19-9-8-16(22)11-17(19)21(28)18-7-5-6-10-23-18/h5-11,13-15H,12H2,1-4H3. The number of benzene rings is 1. The Morgan fingerprint density at radius 1 is 1.14 bits per heavy atom. The molecule has 3 aromatic rings. The maximum atomic E-state index is 13.1. The average Bonchev–Trinajstić information content (AvgIpc) is 3.13. The highest BCUT2D eigenvalue weighted by molar-refractivity contribution is 9.10. The van der Waals surface area contributed by atoms with Gasteiger partial charge in [-0.3, -0.25) is 19.2 Å². The summed E-state index contributed by atoms with van der Waals surface area (Å²) in [6, 6.07) is 11.7. The van der Waals surface area contributed by atoms with E-state index >= 15 is 0 Å². The van der Waals surface area contributed by atoms with Crippen LogP contribution in [0.15, 0.2) is 53.4 Å². The Labute approximate surface area is 173 Å². The Morgan fingerprint density at radius 3 is 2.54 bits per heavy atom. The zero-order chi connectivity index (χ0) is 20.3. The highest BCUT2D eigenvalue weighted by Gasteiger charge is 2.21. The van der Waals surface area contributed by atoms with Crippen molar-refractivity contribution < 1.29 is 4.79 Å². The molecule has 0 atom stereocenters. The number of carbonyl (C=O) groups is 1. The van der Waals surface area contributed by atoms with Gasteiger partial charge in [-0.05, 0) is 58.0 Å². The molecule has 0 aliphatic heterocycles. The fourth-order valence-electron chi connectivity index (χ4n) is 3.23. The molecule has 7 heteroatoms. The molecule has 0 aliphatic rings. The summed E-state index contributed by atoms with van der Waals surface area (Å²) in [4.78, 5) is 19.7. The average molecular weight is 442 g/mol. The lowest BCUT2D eigenvalue weighted by Crippen LogP contribution is -2.37. The van der Waals surface area contributed by atoms with Gasteiger partial charge in [-0.15, -0.1) is 10.2 Å². The minimum Gasteiger partial charge on any atom is -0.291 e. The van der Waals surface area contributed by atoms with Gasteiger partial charge >= 0.3 is 0 Å². The van der Waals surface area contributed by atoms with Crippen molar-refractivity contribution in [3.8, 4) is 5.69 Å². The molecular formula is C21H24BrN5O. The predicted molar refractivity (Wildman–Crippen MR) is 113 cm³/mol. The van der Waals surface area contributed by atoms with Crippen molar-refractivity contribution >= 4 is 21.7 Å². The van der Waals surface area contributed by atoms with E-state index in [9.17, 15) is 4.79 Å². The lowest BCUT2D eigenvalue weighted by molar-refractivity contribution is 0.103. The van der Waals surface area contributed by atoms with Gasteiger partial charge in [0.2, 0.25) is 5.78 Å². The summed E-state index contributed by atoms with van der Waals surface area (Å²) >= 11 is 3.48. The van der Waals surface area contributed by atoms with Crippen LogP contribution in [0, 0.1) is 0 Å². The fourth-order valence-corrected chi connectivity index (χ4v) is 3.59. The normalized spacial score (nSPS) is 11.6. The number of hydrogen-bond acceptors (Lipinski definition) is 5. The van der Waals surface area contributed by atoms with Crippen molar-refractivity contribution in [3.63, 3.8) is 0 Å². The zero-order valence-corrected chi connectivity index (χ0v) is 18.1. The third kappa shape index (κ3) is 4.36. The third-order valence-electron chi connectivity index (χ3n) is 4.63. The van der Waals surface area contributed by atoms with Crippen molar-refractivity contribution in [2.75, 3.05) is 0 Å². The van der Waals surface area contributed by atoms with E-state index in [0.29, 0.717) is 29.9 Å². The van der Waals surface area contributed by atoms with Crippen molar-refractivity contribution in [1.82, 2.24) is 24.6 Å². The molecule has 1 aromatic carbocycles. The number of carbonyl (C=O) groups excluding carboxylic acids is 1. The molecule has 0 N–H and O–H groups in total. The Kier molecular flexibility index (Phi) is 6.36. The largest absolute Gasteiger partial charge is 0.291 e. The van der Waals surface area contributed by atoms with E-state index in [1.807, 2.05) is 28.8 Å². The molecule has 6 nitrogen and oxygen atoms in total. The molecule has 0 saturated heterocycles. The lowest BCUT2D eigenvalue weighted by Gasteiger charge is -2.30. The maximum absolute atomic E-state index is 13.1. The van der Waals surface area contributed by atoms with Crippen LogP contribution < -0.4 is 0 Å². The van der Waals surface area contributed by atoms with E-state index in [2.05, 4.69) is 63.7 Å². The molecule has 0 aliphatic carbocycles. The minimum absolute atomic E-state index is 0.138. The van der Waals surface area contributed by atoms with Crippen molar-refractivity contribution in [2.24, 2.45) is 0 Å². The van der Waals surface area contributed by atoms with Crippen LogP contribution in [-0.4, -0.2) is 42.5 Å². The van der Waals surface area contributed by atoms with E-state index in [4.69, 9.17) is 0 Å². The quantitative estimate of drug-likeness (QED) is 0.512. The van der Waals surface area contributed by atoms with Crippen LogP contribution >= 0.6 is 15.9 Å². The van der Waals surface area contributed by atoms with Crippen molar-refractivity contribution in [3.05, 3.63) is 70.5 Å². The minimum atomic E-state index is -0.138. The summed E-state index contributed by atoms with van der Waals surface area (Å²) < 4.78 is 2.72. The van der Waals surface area contributed by atoms with Gasteiger partial charge in [-0.25, -0.2) is 0 Å². The molecule has 0 radical (unpaired) electrons. The first kappa shape index (κ1) is 20.4. The summed E-state index contributed by atoms with van der Waals surface area (Å²) in [5.74, 6) is 0.654. The Hall–Kier alpha value is -2.38. The molecule has 0 unspecified atom stereocenters. The number of hydrogen-bond donors (Lipinski definition) is 0. The molecule has 2 heterocycles. The van der Waals surface area contributed by atoms with Crippen LogP contribution in [0.4, 0.5) is 0 Å². The molecule has 0 amide bonds. The van der Waals surface area contributed by atoms with E-state index < -0.39 is 0 Å². The maximum Gasteiger partial charge on any atom is 0.213 e. The monoisotopic (exact) mass is 441 g/mol. The second-order valence-corrected chi connectivity index (χ2v) is 8.10.